The number of hydrogen-bond donors (Lipinski definition) is 2. The van der Waals surface area contributed by atoms with E-state index in [0.717, 1.165) is 13.0 Å². The van der Waals surface area contributed by atoms with Gasteiger partial charge in [0.15, 0.2) is 0 Å². The second-order valence-electron chi connectivity index (χ2n) is 5.01. The first-order valence-corrected chi connectivity index (χ1v) is 6.79. The molecule has 110 valence electrons. The third kappa shape index (κ3) is 5.84. The van der Waals surface area contributed by atoms with E-state index in [-0.39, 0.29) is 11.8 Å². The van der Waals surface area contributed by atoms with Gasteiger partial charge in [0.05, 0.1) is 0 Å². The monoisotopic (exact) mass is 277 g/mol. The van der Waals surface area contributed by atoms with Gasteiger partial charge in [-0.2, -0.15) is 0 Å². The molecule has 1 unspecified atom stereocenters. The minimum atomic E-state index is -0.540. The van der Waals surface area contributed by atoms with Crippen molar-refractivity contribution in [1.29, 1.82) is 0 Å². The summed E-state index contributed by atoms with van der Waals surface area (Å²) in [5.74, 6) is -0.394. The van der Waals surface area contributed by atoms with Crippen molar-refractivity contribution in [3.8, 4) is 0 Å². The van der Waals surface area contributed by atoms with Gasteiger partial charge in [0, 0.05) is 12.1 Å². The third-order valence-electron chi connectivity index (χ3n) is 2.86. The van der Waals surface area contributed by atoms with Crippen LogP contribution in [0.2, 0.25) is 0 Å². The summed E-state index contributed by atoms with van der Waals surface area (Å²) in [4.78, 5) is 25.8. The van der Waals surface area contributed by atoms with Crippen molar-refractivity contribution in [1.82, 2.24) is 15.5 Å². The number of nitrogens with zero attached hydrogens (tertiary/aromatic N) is 1. The number of carbonyl (C=O) groups excluding carboxylic acids is 2. The van der Waals surface area contributed by atoms with Crippen molar-refractivity contribution in [3.05, 3.63) is 35.9 Å². The molecule has 0 saturated heterocycles. The van der Waals surface area contributed by atoms with Crippen LogP contribution in [-0.2, 0) is 4.79 Å². The molecule has 2 amide bonds. The zero-order valence-electron chi connectivity index (χ0n) is 12.3. The predicted molar refractivity (Wildman–Crippen MR) is 79.6 cm³/mol. The third-order valence-corrected chi connectivity index (χ3v) is 2.86. The SMILES string of the molecule is CC(NC(=O)c1ccccc1)C(=O)NCCCN(C)C. The van der Waals surface area contributed by atoms with Crippen LogP contribution in [0.4, 0.5) is 0 Å². The molecule has 0 bridgehead atoms. The van der Waals surface area contributed by atoms with Crippen LogP contribution in [0.5, 0.6) is 0 Å². The van der Waals surface area contributed by atoms with Crippen LogP contribution in [-0.4, -0.2) is 49.9 Å². The smallest absolute Gasteiger partial charge is 0.251 e. The van der Waals surface area contributed by atoms with Gasteiger partial charge in [0.2, 0.25) is 5.91 Å². The summed E-state index contributed by atoms with van der Waals surface area (Å²) >= 11 is 0. The lowest BCUT2D eigenvalue weighted by atomic mass is 10.2. The molecule has 0 aliphatic heterocycles. The van der Waals surface area contributed by atoms with Gasteiger partial charge in [-0.1, -0.05) is 18.2 Å². The van der Waals surface area contributed by atoms with Crippen LogP contribution in [0.3, 0.4) is 0 Å². The summed E-state index contributed by atoms with van der Waals surface area (Å²) in [7, 11) is 3.98. The van der Waals surface area contributed by atoms with Gasteiger partial charge in [-0.25, -0.2) is 0 Å². The van der Waals surface area contributed by atoms with Crippen LogP contribution >= 0.6 is 0 Å². The Labute approximate surface area is 120 Å². The molecular formula is C15H23N3O2. The average molecular weight is 277 g/mol. The maximum atomic E-state index is 11.9. The Balaban J connectivity index is 2.33. The Bertz CT molecular complexity index is 432. The zero-order valence-corrected chi connectivity index (χ0v) is 12.3. The molecule has 0 aliphatic carbocycles. The lowest BCUT2D eigenvalue weighted by Gasteiger charge is -2.15. The Morgan fingerprint density at radius 3 is 2.45 bits per heavy atom. The van der Waals surface area contributed by atoms with Crippen molar-refractivity contribution in [2.45, 2.75) is 19.4 Å². The summed E-state index contributed by atoms with van der Waals surface area (Å²) in [6.07, 6.45) is 0.887. The minimum Gasteiger partial charge on any atom is -0.354 e. The van der Waals surface area contributed by atoms with E-state index >= 15 is 0 Å². The molecule has 1 rings (SSSR count). The maximum absolute atomic E-state index is 11.9. The Morgan fingerprint density at radius 1 is 1.20 bits per heavy atom. The standard InChI is InChI=1S/C15H23N3O2/c1-12(14(19)16-10-7-11-18(2)3)17-15(20)13-8-5-4-6-9-13/h4-6,8-9,12H,7,10-11H2,1-3H3,(H,16,19)(H,17,20). The van der Waals surface area contributed by atoms with Gasteiger partial charge in [-0.3, -0.25) is 9.59 Å². The summed E-state index contributed by atoms with van der Waals surface area (Å²) in [5.41, 5.74) is 0.555. The fourth-order valence-corrected chi connectivity index (χ4v) is 1.70. The van der Waals surface area contributed by atoms with Crippen molar-refractivity contribution in [2.24, 2.45) is 0 Å². The highest BCUT2D eigenvalue weighted by molar-refractivity contribution is 5.97. The molecule has 0 aliphatic rings. The van der Waals surface area contributed by atoms with Crippen molar-refractivity contribution in [3.63, 3.8) is 0 Å². The van der Waals surface area contributed by atoms with Gasteiger partial charge in [0.25, 0.3) is 5.91 Å². The topological polar surface area (TPSA) is 61.4 Å². The Kier molecular flexibility index (Phi) is 6.73. The summed E-state index contributed by atoms with van der Waals surface area (Å²) in [6.45, 7) is 3.22. The van der Waals surface area contributed by atoms with Gasteiger partial charge >= 0.3 is 0 Å². The van der Waals surface area contributed by atoms with Gasteiger partial charge in [0.1, 0.15) is 6.04 Å². The lowest BCUT2D eigenvalue weighted by Crippen LogP contribution is -2.45. The van der Waals surface area contributed by atoms with Gasteiger partial charge in [-0.05, 0) is 46.1 Å². The van der Waals surface area contributed by atoms with Crippen LogP contribution < -0.4 is 10.6 Å². The van der Waals surface area contributed by atoms with Crippen molar-refractivity contribution < 1.29 is 9.59 Å². The van der Waals surface area contributed by atoms with E-state index in [1.54, 1.807) is 31.2 Å². The number of amides is 2. The first kappa shape index (κ1) is 16.2. The molecule has 0 radical (unpaired) electrons. The van der Waals surface area contributed by atoms with Gasteiger partial charge in [-0.15, -0.1) is 0 Å². The molecule has 0 spiro atoms. The predicted octanol–water partition coefficient (Wildman–Crippen LogP) is 0.873. The highest BCUT2D eigenvalue weighted by Crippen LogP contribution is 1.98. The van der Waals surface area contributed by atoms with Crippen molar-refractivity contribution in [2.75, 3.05) is 27.2 Å². The van der Waals surface area contributed by atoms with Crippen molar-refractivity contribution >= 4 is 11.8 Å². The lowest BCUT2D eigenvalue weighted by molar-refractivity contribution is -0.122. The summed E-state index contributed by atoms with van der Waals surface area (Å²) < 4.78 is 0. The fraction of sp³-hybridized carbons (Fsp3) is 0.467. The Morgan fingerprint density at radius 2 is 1.85 bits per heavy atom. The molecule has 0 aromatic heterocycles. The van der Waals surface area contributed by atoms with Crippen LogP contribution in [0.15, 0.2) is 30.3 Å². The molecule has 5 nitrogen and oxygen atoms in total. The zero-order chi connectivity index (χ0) is 15.0. The van der Waals surface area contributed by atoms with E-state index in [9.17, 15) is 9.59 Å². The molecule has 1 aromatic rings. The molecule has 0 fully saturated rings. The van der Waals surface area contributed by atoms with Crippen LogP contribution in [0.25, 0.3) is 0 Å². The number of benzene rings is 1. The number of rotatable bonds is 7. The Hall–Kier alpha value is -1.88. The molecule has 5 heteroatoms. The normalized spacial score (nSPS) is 12.0. The summed E-state index contributed by atoms with van der Waals surface area (Å²) in [6, 6.07) is 8.33. The second-order valence-corrected chi connectivity index (χ2v) is 5.01. The van der Waals surface area contributed by atoms with E-state index in [2.05, 4.69) is 15.5 Å². The number of hydrogen-bond acceptors (Lipinski definition) is 3. The molecule has 0 heterocycles. The summed E-state index contributed by atoms with van der Waals surface area (Å²) in [5, 5.41) is 5.50. The maximum Gasteiger partial charge on any atom is 0.251 e. The van der Waals surface area contributed by atoms with Crippen LogP contribution in [0, 0.1) is 0 Å². The number of carbonyl (C=O) groups is 2. The minimum absolute atomic E-state index is 0.159. The van der Waals surface area contributed by atoms with E-state index in [4.69, 9.17) is 0 Å². The average Bonchev–Trinajstić information content (AvgIpc) is 2.44. The van der Waals surface area contributed by atoms with Gasteiger partial charge < -0.3 is 15.5 Å². The molecular weight excluding hydrogens is 254 g/mol. The molecule has 2 N–H and O–H groups in total. The quantitative estimate of drug-likeness (QED) is 0.727. The van der Waals surface area contributed by atoms with E-state index in [0.29, 0.717) is 12.1 Å². The first-order chi connectivity index (χ1) is 9.50. The number of nitrogens with one attached hydrogen (secondary N) is 2. The molecule has 1 atom stereocenters. The van der Waals surface area contributed by atoms with E-state index in [1.165, 1.54) is 0 Å². The van der Waals surface area contributed by atoms with E-state index in [1.807, 2.05) is 20.2 Å². The van der Waals surface area contributed by atoms with Crippen LogP contribution in [0.1, 0.15) is 23.7 Å². The largest absolute Gasteiger partial charge is 0.354 e. The highest BCUT2D eigenvalue weighted by atomic mass is 16.2. The molecule has 20 heavy (non-hydrogen) atoms. The second kappa shape index (κ2) is 8.32. The molecule has 1 aromatic carbocycles. The first-order valence-electron chi connectivity index (χ1n) is 6.79. The highest BCUT2D eigenvalue weighted by Gasteiger charge is 2.15. The molecule has 0 saturated carbocycles. The van der Waals surface area contributed by atoms with E-state index < -0.39 is 6.04 Å². The fourth-order valence-electron chi connectivity index (χ4n) is 1.70.